The van der Waals surface area contributed by atoms with E-state index in [1.54, 1.807) is 0 Å². The molecule has 0 atom stereocenters. The van der Waals surface area contributed by atoms with Crippen LogP contribution in [0.25, 0.3) is 0 Å². The van der Waals surface area contributed by atoms with E-state index in [4.69, 9.17) is 32.5 Å². The van der Waals surface area contributed by atoms with Crippen molar-refractivity contribution in [1.29, 1.82) is 21.0 Å². The monoisotopic (exact) mass is 174 g/mol. The molecule has 0 saturated carbocycles. The second kappa shape index (κ2) is 3.52. The zero-order valence-electron chi connectivity index (χ0n) is 6.65. The van der Waals surface area contributed by atoms with Crippen molar-refractivity contribution in [3.05, 3.63) is 0 Å². The predicted octanol–water partition coefficient (Wildman–Crippen LogP) is -1.28. The van der Waals surface area contributed by atoms with E-state index in [2.05, 4.69) is 0 Å². The van der Waals surface area contributed by atoms with Crippen molar-refractivity contribution in [3.63, 3.8) is 0 Å². The van der Waals surface area contributed by atoms with Crippen LogP contribution < -0.4 is 11.5 Å². The normalized spacial score (nSPS) is 10.3. The van der Waals surface area contributed by atoms with E-state index in [1.807, 2.05) is 0 Å². The van der Waals surface area contributed by atoms with Crippen LogP contribution in [0.2, 0.25) is 0 Å². The molecule has 0 bridgehead atoms. The first-order valence-corrected chi connectivity index (χ1v) is 3.19. The van der Waals surface area contributed by atoms with Gasteiger partial charge in [0.2, 0.25) is 5.54 Å². The summed E-state index contributed by atoms with van der Waals surface area (Å²) in [6.45, 7) is -0.461. The van der Waals surface area contributed by atoms with Gasteiger partial charge in [-0.1, -0.05) is 0 Å². The lowest BCUT2D eigenvalue weighted by Gasteiger charge is -2.25. The van der Waals surface area contributed by atoms with Gasteiger partial charge in [-0.3, -0.25) is 5.73 Å². The number of nitrogens with two attached hydrogens (primary N) is 2. The average molecular weight is 174 g/mol. The molecule has 0 amide bonds. The quantitative estimate of drug-likeness (QED) is 0.532. The Morgan fingerprint density at radius 1 is 0.923 bits per heavy atom. The van der Waals surface area contributed by atoms with Crippen LogP contribution in [0.3, 0.4) is 0 Å². The Morgan fingerprint density at radius 2 is 1.31 bits per heavy atom. The third kappa shape index (κ3) is 1.28. The zero-order chi connectivity index (χ0) is 10.5. The maximum absolute atomic E-state index is 8.64. The summed E-state index contributed by atoms with van der Waals surface area (Å²) in [5.74, 6) is 0. The highest BCUT2D eigenvalue weighted by atomic mass is 14.8. The Kier molecular flexibility index (Phi) is 2.94. The van der Waals surface area contributed by atoms with Gasteiger partial charge in [0.05, 0.1) is 12.1 Å². The molecule has 0 aliphatic rings. The van der Waals surface area contributed by atoms with Crippen molar-refractivity contribution in [2.45, 2.75) is 5.54 Å². The minimum absolute atomic E-state index is 0.461. The van der Waals surface area contributed by atoms with Gasteiger partial charge >= 0.3 is 0 Å². The summed E-state index contributed by atoms with van der Waals surface area (Å²) in [5, 5.41) is 34.4. The lowest BCUT2D eigenvalue weighted by atomic mass is 9.73. The molecule has 0 rings (SSSR count). The molecule has 0 spiro atoms. The van der Waals surface area contributed by atoms with Crippen LogP contribution in [-0.2, 0) is 0 Å². The maximum atomic E-state index is 8.64. The average Bonchev–Trinajstić information content (AvgIpc) is 2.20. The van der Waals surface area contributed by atoms with Crippen LogP contribution in [0.4, 0.5) is 0 Å². The molecule has 0 aliphatic carbocycles. The Balaban J connectivity index is 5.53. The van der Waals surface area contributed by atoms with E-state index in [9.17, 15) is 0 Å². The molecule has 0 aromatic heterocycles. The molecule has 0 saturated heterocycles. The fourth-order valence-corrected chi connectivity index (χ4v) is 0.669. The van der Waals surface area contributed by atoms with Crippen molar-refractivity contribution in [2.75, 3.05) is 6.54 Å². The molecule has 64 valence electrons. The number of nitriles is 4. The highest BCUT2D eigenvalue weighted by molar-refractivity contribution is 5.39. The fraction of sp³-hybridized carbons (Fsp3) is 0.429. The molecule has 4 N–H and O–H groups in total. The van der Waals surface area contributed by atoms with Gasteiger partial charge in [0, 0.05) is 6.54 Å². The van der Waals surface area contributed by atoms with Gasteiger partial charge in [-0.05, 0) is 0 Å². The Bertz CT molecular complexity index is 328. The van der Waals surface area contributed by atoms with Gasteiger partial charge in [0.1, 0.15) is 12.1 Å². The molecule has 0 aliphatic heterocycles. The first kappa shape index (κ1) is 10.9. The van der Waals surface area contributed by atoms with Gasteiger partial charge < -0.3 is 5.73 Å². The second-order valence-corrected chi connectivity index (χ2v) is 2.36. The Hall–Kier alpha value is -2.12. The molecule has 0 heterocycles. The largest absolute Gasteiger partial charge is 0.328 e. The van der Waals surface area contributed by atoms with Crippen molar-refractivity contribution < 1.29 is 0 Å². The van der Waals surface area contributed by atoms with Crippen molar-refractivity contribution in [2.24, 2.45) is 16.9 Å². The topological polar surface area (TPSA) is 147 Å². The number of hydrogen-bond donors (Lipinski definition) is 2. The summed E-state index contributed by atoms with van der Waals surface area (Å²) < 4.78 is 0. The highest BCUT2D eigenvalue weighted by Gasteiger charge is 2.51. The SMILES string of the molecule is N#CC(N)(C#N)C(C#N)(C#N)CN. The van der Waals surface area contributed by atoms with E-state index >= 15 is 0 Å². The smallest absolute Gasteiger partial charge is 0.224 e. The molecule has 0 unspecified atom stereocenters. The summed E-state index contributed by atoms with van der Waals surface area (Å²) in [6, 6.07) is 5.83. The standard InChI is InChI=1S/C7H6N6/c8-1-6(2-9,3-10)7(13,4-11)5-12/h1,8,13H2. The summed E-state index contributed by atoms with van der Waals surface area (Å²) >= 11 is 0. The number of nitrogens with zero attached hydrogens (tertiary/aromatic N) is 4. The summed E-state index contributed by atoms with van der Waals surface area (Å²) in [6.07, 6.45) is 0. The maximum Gasteiger partial charge on any atom is 0.224 e. The van der Waals surface area contributed by atoms with E-state index < -0.39 is 17.5 Å². The van der Waals surface area contributed by atoms with Crippen LogP contribution in [-0.4, -0.2) is 12.1 Å². The molecular formula is C7H6N6. The van der Waals surface area contributed by atoms with Crippen LogP contribution in [0.1, 0.15) is 0 Å². The predicted molar refractivity (Wildman–Crippen MR) is 40.9 cm³/mol. The Labute approximate surface area is 75.2 Å². The summed E-state index contributed by atoms with van der Waals surface area (Å²) in [4.78, 5) is 0. The minimum Gasteiger partial charge on any atom is -0.328 e. The molecule has 0 fully saturated rings. The lowest BCUT2D eigenvalue weighted by molar-refractivity contribution is 0.407. The summed E-state index contributed by atoms with van der Waals surface area (Å²) in [5.41, 5.74) is 6.23. The van der Waals surface area contributed by atoms with Crippen LogP contribution in [0, 0.1) is 50.7 Å². The Morgan fingerprint density at radius 3 is 1.38 bits per heavy atom. The van der Waals surface area contributed by atoms with Crippen LogP contribution in [0.5, 0.6) is 0 Å². The first-order valence-electron chi connectivity index (χ1n) is 3.19. The molecule has 0 aromatic rings. The lowest BCUT2D eigenvalue weighted by Crippen LogP contribution is -2.55. The van der Waals surface area contributed by atoms with E-state index in [1.165, 1.54) is 24.3 Å². The number of hydrogen-bond acceptors (Lipinski definition) is 6. The van der Waals surface area contributed by atoms with Gasteiger partial charge in [-0.15, -0.1) is 0 Å². The van der Waals surface area contributed by atoms with Crippen molar-refractivity contribution in [3.8, 4) is 24.3 Å². The van der Waals surface area contributed by atoms with E-state index in [0.717, 1.165) is 0 Å². The second-order valence-electron chi connectivity index (χ2n) is 2.36. The molecule has 6 heteroatoms. The molecular weight excluding hydrogens is 168 g/mol. The third-order valence-corrected chi connectivity index (χ3v) is 1.71. The summed E-state index contributed by atoms with van der Waals surface area (Å²) in [7, 11) is 0. The van der Waals surface area contributed by atoms with Crippen LogP contribution >= 0.6 is 0 Å². The molecule has 0 aromatic carbocycles. The minimum atomic E-state index is -2.19. The third-order valence-electron chi connectivity index (χ3n) is 1.71. The molecule has 13 heavy (non-hydrogen) atoms. The fourth-order valence-electron chi connectivity index (χ4n) is 0.669. The van der Waals surface area contributed by atoms with Gasteiger partial charge in [-0.25, -0.2) is 0 Å². The number of rotatable bonds is 2. The van der Waals surface area contributed by atoms with E-state index in [-0.39, 0.29) is 0 Å². The van der Waals surface area contributed by atoms with Gasteiger partial charge in [0.25, 0.3) is 0 Å². The van der Waals surface area contributed by atoms with E-state index in [0.29, 0.717) is 0 Å². The van der Waals surface area contributed by atoms with Crippen molar-refractivity contribution >= 4 is 0 Å². The molecule has 6 nitrogen and oxygen atoms in total. The highest BCUT2D eigenvalue weighted by Crippen LogP contribution is 2.26. The van der Waals surface area contributed by atoms with Crippen LogP contribution in [0.15, 0.2) is 0 Å². The zero-order valence-corrected chi connectivity index (χ0v) is 6.65. The first-order chi connectivity index (χ1) is 6.05. The van der Waals surface area contributed by atoms with Gasteiger partial charge in [-0.2, -0.15) is 21.0 Å². The van der Waals surface area contributed by atoms with Gasteiger partial charge in [0.15, 0.2) is 5.41 Å². The molecule has 0 radical (unpaired) electrons. The van der Waals surface area contributed by atoms with Crippen molar-refractivity contribution in [1.82, 2.24) is 0 Å².